The van der Waals surface area contributed by atoms with Crippen molar-refractivity contribution in [1.82, 2.24) is 15.1 Å². The lowest BCUT2D eigenvalue weighted by molar-refractivity contribution is 0.0728. The smallest absolute Gasteiger partial charge is 0.273 e. The molecule has 1 unspecified atom stereocenters. The summed E-state index contributed by atoms with van der Waals surface area (Å²) in [4.78, 5) is 15.4. The molecule has 2 heterocycles. The molecule has 0 bridgehead atoms. The van der Waals surface area contributed by atoms with Crippen molar-refractivity contribution in [2.75, 3.05) is 14.2 Å². The van der Waals surface area contributed by atoms with Crippen LogP contribution in [0, 0.1) is 12.7 Å². The summed E-state index contributed by atoms with van der Waals surface area (Å²) in [7, 11) is 3.19. The molecule has 4 aromatic rings. The Kier molecular flexibility index (Phi) is 5.53. The number of halogens is 1. The molecular formula is C27H24FN3O3. The van der Waals surface area contributed by atoms with Crippen LogP contribution in [0.25, 0.3) is 11.3 Å². The minimum atomic E-state index is -0.455. The minimum Gasteiger partial charge on any atom is -0.497 e. The average molecular weight is 458 g/mol. The maximum absolute atomic E-state index is 13.6. The summed E-state index contributed by atoms with van der Waals surface area (Å²) < 4.78 is 24.6. The number of hydrogen-bond donors (Lipinski definition) is 1. The molecule has 1 aliphatic heterocycles. The molecule has 0 fully saturated rings. The van der Waals surface area contributed by atoms with Gasteiger partial charge in [0.15, 0.2) is 0 Å². The van der Waals surface area contributed by atoms with E-state index >= 15 is 0 Å². The van der Waals surface area contributed by atoms with Gasteiger partial charge in [0.1, 0.15) is 23.0 Å². The van der Waals surface area contributed by atoms with Gasteiger partial charge in [0, 0.05) is 29.3 Å². The van der Waals surface area contributed by atoms with Crippen molar-refractivity contribution in [3.8, 4) is 22.8 Å². The van der Waals surface area contributed by atoms with Crippen molar-refractivity contribution in [3.63, 3.8) is 0 Å². The summed E-state index contributed by atoms with van der Waals surface area (Å²) in [6, 6.07) is 19.3. The SMILES string of the molecule is COc1ccc(C2c3c(-c4ccc(C)cc4)n[nH]c3C(=O)N2Cc2ccc(F)cc2)c(OC)c1. The van der Waals surface area contributed by atoms with E-state index in [1.807, 2.05) is 43.3 Å². The third kappa shape index (κ3) is 3.69. The van der Waals surface area contributed by atoms with Crippen LogP contribution in [0.3, 0.4) is 0 Å². The van der Waals surface area contributed by atoms with Gasteiger partial charge in [0.2, 0.25) is 0 Å². The van der Waals surface area contributed by atoms with Crippen LogP contribution in [0.1, 0.15) is 38.8 Å². The van der Waals surface area contributed by atoms with Crippen LogP contribution in [0.15, 0.2) is 66.7 Å². The molecule has 34 heavy (non-hydrogen) atoms. The normalized spacial score (nSPS) is 14.9. The van der Waals surface area contributed by atoms with E-state index in [-0.39, 0.29) is 11.7 Å². The molecule has 5 rings (SSSR count). The number of ether oxygens (including phenoxy) is 2. The number of carbonyl (C=O) groups excluding carboxylic acids is 1. The second kappa shape index (κ2) is 8.67. The van der Waals surface area contributed by atoms with Gasteiger partial charge >= 0.3 is 0 Å². The number of amides is 1. The van der Waals surface area contributed by atoms with E-state index in [1.165, 1.54) is 12.1 Å². The second-order valence-corrected chi connectivity index (χ2v) is 8.30. The Labute approximate surface area is 196 Å². The van der Waals surface area contributed by atoms with Crippen LogP contribution >= 0.6 is 0 Å². The zero-order valence-corrected chi connectivity index (χ0v) is 19.1. The molecule has 0 spiro atoms. The largest absolute Gasteiger partial charge is 0.497 e. The van der Waals surface area contributed by atoms with Gasteiger partial charge in [-0.15, -0.1) is 0 Å². The number of aryl methyl sites for hydroxylation is 1. The first-order valence-electron chi connectivity index (χ1n) is 10.9. The third-order valence-corrected chi connectivity index (χ3v) is 6.19. The van der Waals surface area contributed by atoms with Gasteiger partial charge in [-0.25, -0.2) is 4.39 Å². The summed E-state index contributed by atoms with van der Waals surface area (Å²) >= 11 is 0. The minimum absolute atomic E-state index is 0.173. The maximum Gasteiger partial charge on any atom is 0.273 e. The van der Waals surface area contributed by atoms with Crippen molar-refractivity contribution in [2.24, 2.45) is 0 Å². The summed E-state index contributed by atoms with van der Waals surface area (Å²) in [6.45, 7) is 2.33. The third-order valence-electron chi connectivity index (χ3n) is 6.19. The molecule has 1 amide bonds. The van der Waals surface area contributed by atoms with E-state index < -0.39 is 6.04 Å². The lowest BCUT2D eigenvalue weighted by atomic mass is 9.94. The van der Waals surface area contributed by atoms with E-state index in [9.17, 15) is 9.18 Å². The fourth-order valence-corrected chi connectivity index (χ4v) is 4.45. The average Bonchev–Trinajstić information content (AvgIpc) is 3.40. The number of H-pyrrole nitrogens is 1. The van der Waals surface area contributed by atoms with Crippen LogP contribution in [0.2, 0.25) is 0 Å². The number of aromatic amines is 1. The number of rotatable bonds is 6. The number of carbonyl (C=O) groups is 1. The molecule has 0 aliphatic carbocycles. The zero-order chi connectivity index (χ0) is 23.8. The van der Waals surface area contributed by atoms with E-state index in [0.29, 0.717) is 29.4 Å². The number of fused-ring (bicyclic) bond motifs is 1. The fourth-order valence-electron chi connectivity index (χ4n) is 4.45. The molecule has 1 aromatic heterocycles. The standard InChI is InChI=1S/C27H24FN3O3/c1-16-4-8-18(9-5-16)24-23-25(30-29-24)27(32)31(15-17-6-10-19(28)11-7-17)26(23)21-13-12-20(33-2)14-22(21)34-3/h4-14,26H,15H2,1-3H3,(H,29,30). The molecule has 3 aromatic carbocycles. The number of hydrogen-bond acceptors (Lipinski definition) is 4. The first kappa shape index (κ1) is 21.7. The monoisotopic (exact) mass is 457 g/mol. The molecule has 172 valence electrons. The number of benzene rings is 3. The molecule has 1 aliphatic rings. The van der Waals surface area contributed by atoms with E-state index in [4.69, 9.17) is 9.47 Å². The summed E-state index contributed by atoms with van der Waals surface area (Å²) in [5.74, 6) is 0.764. The van der Waals surface area contributed by atoms with Crippen molar-refractivity contribution in [1.29, 1.82) is 0 Å². The Morgan fingerprint density at radius 1 is 1.00 bits per heavy atom. The van der Waals surface area contributed by atoms with Gasteiger partial charge < -0.3 is 14.4 Å². The maximum atomic E-state index is 13.6. The highest BCUT2D eigenvalue weighted by Crippen LogP contribution is 2.46. The van der Waals surface area contributed by atoms with Gasteiger partial charge in [0.25, 0.3) is 5.91 Å². The molecule has 1 atom stereocenters. The molecule has 0 saturated carbocycles. The van der Waals surface area contributed by atoms with E-state index in [1.54, 1.807) is 37.3 Å². The Morgan fingerprint density at radius 2 is 1.74 bits per heavy atom. The first-order valence-corrected chi connectivity index (χ1v) is 10.9. The fraction of sp³-hybridized carbons (Fsp3) is 0.185. The van der Waals surface area contributed by atoms with Gasteiger partial charge in [-0.05, 0) is 36.8 Å². The molecule has 7 heteroatoms. The Bertz CT molecular complexity index is 1350. The highest BCUT2D eigenvalue weighted by molar-refractivity contribution is 6.00. The topological polar surface area (TPSA) is 67.5 Å². The van der Waals surface area contributed by atoms with Crippen molar-refractivity contribution < 1.29 is 18.7 Å². The predicted octanol–water partition coefficient (Wildman–Crippen LogP) is 5.29. The van der Waals surface area contributed by atoms with Crippen LogP contribution in [-0.2, 0) is 6.54 Å². The van der Waals surface area contributed by atoms with Gasteiger partial charge in [-0.2, -0.15) is 5.10 Å². The predicted molar refractivity (Wildman–Crippen MR) is 126 cm³/mol. The quantitative estimate of drug-likeness (QED) is 0.427. The zero-order valence-electron chi connectivity index (χ0n) is 19.1. The van der Waals surface area contributed by atoms with Crippen LogP contribution in [0.4, 0.5) is 4.39 Å². The molecular weight excluding hydrogens is 433 g/mol. The van der Waals surface area contributed by atoms with Crippen LogP contribution < -0.4 is 9.47 Å². The number of aromatic nitrogens is 2. The van der Waals surface area contributed by atoms with E-state index in [0.717, 1.165) is 27.8 Å². The van der Waals surface area contributed by atoms with Crippen molar-refractivity contribution >= 4 is 5.91 Å². The van der Waals surface area contributed by atoms with Gasteiger partial charge in [0.05, 0.1) is 26.0 Å². The molecule has 6 nitrogen and oxygen atoms in total. The Hall–Kier alpha value is -4.13. The Morgan fingerprint density at radius 3 is 2.41 bits per heavy atom. The first-order chi connectivity index (χ1) is 16.5. The summed E-state index contributed by atoms with van der Waals surface area (Å²) in [6.07, 6.45) is 0. The van der Waals surface area contributed by atoms with E-state index in [2.05, 4.69) is 10.2 Å². The van der Waals surface area contributed by atoms with Gasteiger partial charge in [-0.3, -0.25) is 9.89 Å². The van der Waals surface area contributed by atoms with Gasteiger partial charge in [-0.1, -0.05) is 42.0 Å². The number of nitrogens with zero attached hydrogens (tertiary/aromatic N) is 2. The molecule has 0 saturated heterocycles. The Balaban J connectivity index is 1.67. The lowest BCUT2D eigenvalue weighted by Crippen LogP contribution is -2.29. The number of nitrogens with one attached hydrogen (secondary N) is 1. The second-order valence-electron chi connectivity index (χ2n) is 8.30. The highest BCUT2D eigenvalue weighted by Gasteiger charge is 2.43. The summed E-state index contributed by atoms with van der Waals surface area (Å²) in [5, 5.41) is 7.49. The number of methoxy groups -OCH3 is 2. The molecule has 1 N–H and O–H groups in total. The molecule has 0 radical (unpaired) electrons. The lowest BCUT2D eigenvalue weighted by Gasteiger charge is -2.28. The van der Waals surface area contributed by atoms with Crippen LogP contribution in [0.5, 0.6) is 11.5 Å². The highest BCUT2D eigenvalue weighted by atomic mass is 19.1. The summed E-state index contributed by atoms with van der Waals surface area (Å²) in [5.41, 5.74) is 5.64. The van der Waals surface area contributed by atoms with Crippen LogP contribution in [-0.4, -0.2) is 35.2 Å². The van der Waals surface area contributed by atoms with Crippen molar-refractivity contribution in [3.05, 3.63) is 100 Å². The van der Waals surface area contributed by atoms with Crippen molar-refractivity contribution in [2.45, 2.75) is 19.5 Å².